The molecule has 140 valence electrons. The van der Waals surface area contributed by atoms with E-state index in [0.717, 1.165) is 23.3 Å². The summed E-state index contributed by atoms with van der Waals surface area (Å²) in [6.45, 7) is 0.856. The van der Waals surface area contributed by atoms with Crippen molar-refractivity contribution in [3.63, 3.8) is 0 Å². The zero-order valence-electron chi connectivity index (χ0n) is 13.5. The number of alkyl halides is 6. The summed E-state index contributed by atoms with van der Waals surface area (Å²) in [5.41, 5.74) is -0.804. The van der Waals surface area contributed by atoms with Crippen molar-refractivity contribution in [3.05, 3.63) is 64.2 Å². The molecule has 0 aliphatic carbocycles. The van der Waals surface area contributed by atoms with E-state index < -0.39 is 23.5 Å². The molecular weight excluding hydrogens is 360 g/mol. The molecule has 2 nitrogen and oxygen atoms in total. The predicted octanol–water partition coefficient (Wildman–Crippen LogP) is 4.99. The van der Waals surface area contributed by atoms with Crippen LogP contribution in [0, 0.1) is 0 Å². The van der Waals surface area contributed by atoms with E-state index in [9.17, 15) is 31.4 Å². The van der Waals surface area contributed by atoms with Crippen LogP contribution in [0.2, 0.25) is 0 Å². The van der Waals surface area contributed by atoms with Gasteiger partial charge in [-0.25, -0.2) is 0 Å². The second-order valence-electron chi connectivity index (χ2n) is 6.33. The standard InChI is InChI=1S/C18H15F6NO/c19-17(20,21)14-5-11(6-15(8-14)18(22,23)24)9-25-4-3-12-7-16(26)2-1-13(12)10-25/h1-2,5-8,26H,3-4,9-10H2. The van der Waals surface area contributed by atoms with Gasteiger partial charge in [0.2, 0.25) is 0 Å². The lowest BCUT2D eigenvalue weighted by Gasteiger charge is -2.29. The first-order valence-electron chi connectivity index (χ1n) is 7.84. The van der Waals surface area contributed by atoms with Gasteiger partial charge < -0.3 is 5.11 Å². The molecule has 1 N–H and O–H groups in total. The van der Waals surface area contributed by atoms with Crippen LogP contribution < -0.4 is 0 Å². The average molecular weight is 375 g/mol. The SMILES string of the molecule is Oc1ccc2c(c1)CCN(Cc1cc(C(F)(F)F)cc(C(F)(F)F)c1)C2. The quantitative estimate of drug-likeness (QED) is 0.748. The number of aromatic hydroxyl groups is 1. The van der Waals surface area contributed by atoms with Crippen LogP contribution in [0.3, 0.4) is 0 Å². The normalized spacial score (nSPS) is 15.8. The summed E-state index contributed by atoms with van der Waals surface area (Å²) in [5, 5.41) is 9.48. The number of phenolic OH excluding ortho intramolecular Hbond substituents is 1. The van der Waals surface area contributed by atoms with Gasteiger partial charge in [0, 0.05) is 19.6 Å². The summed E-state index contributed by atoms with van der Waals surface area (Å²) in [4.78, 5) is 1.79. The van der Waals surface area contributed by atoms with Crippen molar-refractivity contribution in [2.24, 2.45) is 0 Å². The second kappa shape index (κ2) is 6.50. The van der Waals surface area contributed by atoms with Crippen LogP contribution in [0.25, 0.3) is 0 Å². The van der Waals surface area contributed by atoms with Crippen LogP contribution in [0.1, 0.15) is 27.8 Å². The van der Waals surface area contributed by atoms with Gasteiger partial charge in [-0.1, -0.05) is 6.07 Å². The van der Waals surface area contributed by atoms with E-state index in [1.165, 1.54) is 6.07 Å². The van der Waals surface area contributed by atoms with Crippen molar-refractivity contribution in [3.8, 4) is 5.75 Å². The lowest BCUT2D eigenvalue weighted by Crippen LogP contribution is -2.30. The van der Waals surface area contributed by atoms with Crippen LogP contribution in [0.15, 0.2) is 36.4 Å². The van der Waals surface area contributed by atoms with Crippen molar-refractivity contribution in [1.82, 2.24) is 4.90 Å². The fraction of sp³-hybridized carbons (Fsp3) is 0.333. The number of phenols is 1. The van der Waals surface area contributed by atoms with Crippen LogP contribution in [0.4, 0.5) is 26.3 Å². The maximum absolute atomic E-state index is 12.9. The Morgan fingerprint density at radius 3 is 2.04 bits per heavy atom. The molecule has 0 saturated carbocycles. The highest BCUT2D eigenvalue weighted by atomic mass is 19.4. The van der Waals surface area contributed by atoms with Gasteiger partial charge in [0.15, 0.2) is 0 Å². The Labute approximate surface area is 145 Å². The summed E-state index contributed by atoms with van der Waals surface area (Å²) in [6, 6.07) is 6.51. The third kappa shape index (κ3) is 4.12. The van der Waals surface area contributed by atoms with Gasteiger partial charge in [0.05, 0.1) is 11.1 Å². The van der Waals surface area contributed by atoms with E-state index in [0.29, 0.717) is 19.5 Å². The van der Waals surface area contributed by atoms with Crippen LogP contribution >= 0.6 is 0 Å². The molecule has 0 unspecified atom stereocenters. The van der Waals surface area contributed by atoms with Crippen molar-refractivity contribution in [2.75, 3.05) is 6.54 Å². The number of benzene rings is 2. The number of rotatable bonds is 2. The Balaban J connectivity index is 1.86. The molecule has 0 bridgehead atoms. The Morgan fingerprint density at radius 2 is 1.46 bits per heavy atom. The minimum atomic E-state index is -4.85. The zero-order valence-corrected chi connectivity index (χ0v) is 13.5. The van der Waals surface area contributed by atoms with Gasteiger partial charge in [0.25, 0.3) is 0 Å². The van der Waals surface area contributed by atoms with Crippen LogP contribution in [-0.2, 0) is 31.9 Å². The highest BCUT2D eigenvalue weighted by Gasteiger charge is 2.37. The van der Waals surface area contributed by atoms with Gasteiger partial charge in [-0.15, -0.1) is 0 Å². The molecule has 1 aliphatic rings. The summed E-state index contributed by atoms with van der Waals surface area (Å²) in [5.74, 6) is 0.130. The number of hydrogen-bond donors (Lipinski definition) is 1. The lowest BCUT2D eigenvalue weighted by atomic mass is 9.98. The van der Waals surface area contributed by atoms with Crippen molar-refractivity contribution < 1.29 is 31.4 Å². The molecule has 26 heavy (non-hydrogen) atoms. The molecule has 2 aromatic carbocycles. The van der Waals surface area contributed by atoms with Gasteiger partial charge in [0.1, 0.15) is 5.75 Å². The minimum absolute atomic E-state index is 0.0205. The van der Waals surface area contributed by atoms with E-state index in [2.05, 4.69) is 0 Å². The van der Waals surface area contributed by atoms with Gasteiger partial charge in [-0.3, -0.25) is 4.90 Å². The van der Waals surface area contributed by atoms with E-state index in [1.807, 2.05) is 0 Å². The topological polar surface area (TPSA) is 23.5 Å². The zero-order chi connectivity index (χ0) is 19.1. The Bertz CT molecular complexity index is 780. The third-order valence-corrected chi connectivity index (χ3v) is 4.33. The van der Waals surface area contributed by atoms with E-state index in [4.69, 9.17) is 0 Å². The number of halogens is 6. The minimum Gasteiger partial charge on any atom is -0.508 e. The summed E-state index contributed by atoms with van der Waals surface area (Å²) >= 11 is 0. The Morgan fingerprint density at radius 1 is 0.846 bits per heavy atom. The van der Waals surface area contributed by atoms with E-state index in [-0.39, 0.29) is 23.9 Å². The number of nitrogens with zero attached hydrogens (tertiary/aromatic N) is 1. The van der Waals surface area contributed by atoms with Crippen LogP contribution in [0.5, 0.6) is 5.75 Å². The van der Waals surface area contributed by atoms with E-state index >= 15 is 0 Å². The fourth-order valence-corrected chi connectivity index (χ4v) is 3.10. The monoisotopic (exact) mass is 375 g/mol. The summed E-state index contributed by atoms with van der Waals surface area (Å²) in [7, 11) is 0. The molecule has 0 saturated heterocycles. The van der Waals surface area contributed by atoms with Crippen molar-refractivity contribution in [1.29, 1.82) is 0 Å². The lowest BCUT2D eigenvalue weighted by molar-refractivity contribution is -0.143. The Hall–Kier alpha value is -2.22. The molecule has 2 aromatic rings. The van der Waals surface area contributed by atoms with E-state index in [1.54, 1.807) is 17.0 Å². The first-order chi connectivity index (χ1) is 12.0. The number of fused-ring (bicyclic) bond motifs is 1. The first kappa shape index (κ1) is 18.6. The highest BCUT2D eigenvalue weighted by molar-refractivity contribution is 5.37. The molecular formula is C18H15F6NO. The van der Waals surface area contributed by atoms with Gasteiger partial charge in [-0.05, 0) is 53.4 Å². The third-order valence-electron chi connectivity index (χ3n) is 4.33. The molecule has 0 fully saturated rings. The second-order valence-corrected chi connectivity index (χ2v) is 6.33. The summed E-state index contributed by atoms with van der Waals surface area (Å²) < 4.78 is 77.7. The van der Waals surface area contributed by atoms with Crippen molar-refractivity contribution >= 4 is 0 Å². The van der Waals surface area contributed by atoms with Gasteiger partial charge >= 0.3 is 12.4 Å². The van der Waals surface area contributed by atoms with Gasteiger partial charge in [-0.2, -0.15) is 26.3 Å². The largest absolute Gasteiger partial charge is 0.508 e. The predicted molar refractivity (Wildman–Crippen MR) is 82.4 cm³/mol. The molecule has 0 atom stereocenters. The molecule has 0 amide bonds. The van der Waals surface area contributed by atoms with Crippen molar-refractivity contribution in [2.45, 2.75) is 31.9 Å². The smallest absolute Gasteiger partial charge is 0.416 e. The fourth-order valence-electron chi connectivity index (χ4n) is 3.10. The average Bonchev–Trinajstić information content (AvgIpc) is 2.53. The molecule has 0 spiro atoms. The molecule has 1 heterocycles. The highest BCUT2D eigenvalue weighted by Crippen LogP contribution is 2.36. The maximum atomic E-state index is 12.9. The van der Waals surface area contributed by atoms with Crippen LogP contribution in [-0.4, -0.2) is 16.6 Å². The molecule has 0 radical (unpaired) electrons. The molecule has 8 heteroatoms. The Kier molecular flexibility index (Phi) is 4.64. The molecule has 1 aliphatic heterocycles. The molecule has 0 aromatic heterocycles. The first-order valence-corrected chi connectivity index (χ1v) is 7.84. The number of hydrogen-bond acceptors (Lipinski definition) is 2. The maximum Gasteiger partial charge on any atom is 0.416 e. The molecule has 3 rings (SSSR count). The summed E-state index contributed by atoms with van der Waals surface area (Å²) in [6.07, 6.45) is -9.13.